The normalized spacial score (nSPS) is 18.6. The molecule has 0 spiro atoms. The molecule has 0 aliphatic carbocycles. The van der Waals surface area contributed by atoms with Crippen molar-refractivity contribution in [3.05, 3.63) is 42.1 Å². The van der Waals surface area contributed by atoms with Crippen LogP contribution in [-0.4, -0.2) is 47.3 Å². The summed E-state index contributed by atoms with van der Waals surface area (Å²) >= 11 is 0. The summed E-state index contributed by atoms with van der Waals surface area (Å²) in [4.78, 5) is 18.9. The highest BCUT2D eigenvalue weighted by Gasteiger charge is 2.30. The van der Waals surface area contributed by atoms with Gasteiger partial charge in [0.1, 0.15) is 5.60 Å². The summed E-state index contributed by atoms with van der Waals surface area (Å²) in [5.41, 5.74) is 1.65. The van der Waals surface area contributed by atoms with Gasteiger partial charge in [0.15, 0.2) is 0 Å². The van der Waals surface area contributed by atoms with Crippen LogP contribution in [0.25, 0.3) is 10.9 Å². The Morgan fingerprint density at radius 2 is 2.17 bits per heavy atom. The highest BCUT2D eigenvalue weighted by Crippen LogP contribution is 2.18. The van der Waals surface area contributed by atoms with Crippen molar-refractivity contribution < 1.29 is 9.53 Å². The fraction of sp³-hybridized carbons (Fsp3) is 0.474. The zero-order chi connectivity index (χ0) is 17.2. The average Bonchev–Trinajstić information content (AvgIpc) is 2.53. The second kappa shape index (κ2) is 6.77. The third-order valence-electron chi connectivity index (χ3n) is 4.10. The average molecular weight is 327 g/mol. The topological polar surface area (TPSA) is 54.5 Å². The van der Waals surface area contributed by atoms with Crippen LogP contribution in [0, 0.1) is 0 Å². The molecular weight excluding hydrogens is 302 g/mol. The number of hydrogen-bond donors (Lipinski definition) is 1. The van der Waals surface area contributed by atoms with Gasteiger partial charge >= 0.3 is 6.09 Å². The molecule has 1 unspecified atom stereocenters. The lowest BCUT2D eigenvalue weighted by Gasteiger charge is -2.37. The van der Waals surface area contributed by atoms with E-state index in [0.29, 0.717) is 6.54 Å². The van der Waals surface area contributed by atoms with Gasteiger partial charge in [-0.05, 0) is 44.9 Å². The SMILES string of the molecule is CC(C)(C)OC(=O)N1CCNCC1Cc1cnc2ccccc2c1. The van der Waals surface area contributed by atoms with Crippen molar-refractivity contribution in [2.75, 3.05) is 19.6 Å². The highest BCUT2D eigenvalue weighted by molar-refractivity contribution is 5.78. The molecule has 5 nitrogen and oxygen atoms in total. The Hall–Kier alpha value is -2.14. The van der Waals surface area contributed by atoms with Crippen molar-refractivity contribution >= 4 is 17.0 Å². The molecule has 1 N–H and O–H groups in total. The maximum absolute atomic E-state index is 12.5. The van der Waals surface area contributed by atoms with Crippen LogP contribution in [0.3, 0.4) is 0 Å². The number of piperazine rings is 1. The zero-order valence-corrected chi connectivity index (χ0v) is 14.6. The maximum Gasteiger partial charge on any atom is 0.410 e. The van der Waals surface area contributed by atoms with E-state index in [-0.39, 0.29) is 12.1 Å². The first-order valence-electron chi connectivity index (χ1n) is 8.46. The largest absolute Gasteiger partial charge is 0.444 e. The number of nitrogens with zero attached hydrogens (tertiary/aromatic N) is 2. The summed E-state index contributed by atoms with van der Waals surface area (Å²) in [6, 6.07) is 10.3. The monoisotopic (exact) mass is 327 g/mol. The second-order valence-electron chi connectivity index (χ2n) is 7.27. The number of aromatic nitrogens is 1. The van der Waals surface area contributed by atoms with Crippen LogP contribution in [-0.2, 0) is 11.2 Å². The van der Waals surface area contributed by atoms with Crippen LogP contribution in [0.5, 0.6) is 0 Å². The molecule has 5 heteroatoms. The minimum absolute atomic E-state index is 0.0802. The summed E-state index contributed by atoms with van der Waals surface area (Å²) in [5.74, 6) is 0. The predicted octanol–water partition coefficient (Wildman–Crippen LogP) is 2.99. The van der Waals surface area contributed by atoms with E-state index in [1.165, 1.54) is 0 Å². The molecule has 1 amide bonds. The van der Waals surface area contributed by atoms with Crippen molar-refractivity contribution in [3.63, 3.8) is 0 Å². The number of benzene rings is 1. The first-order valence-corrected chi connectivity index (χ1v) is 8.46. The van der Waals surface area contributed by atoms with E-state index in [2.05, 4.69) is 22.4 Å². The molecule has 24 heavy (non-hydrogen) atoms. The maximum atomic E-state index is 12.5. The minimum Gasteiger partial charge on any atom is -0.444 e. The number of nitrogens with one attached hydrogen (secondary N) is 1. The van der Waals surface area contributed by atoms with Crippen molar-refractivity contribution in [2.45, 2.75) is 38.8 Å². The smallest absolute Gasteiger partial charge is 0.410 e. The number of pyridine rings is 1. The van der Waals surface area contributed by atoms with Crippen LogP contribution >= 0.6 is 0 Å². The van der Waals surface area contributed by atoms with E-state index < -0.39 is 5.60 Å². The summed E-state index contributed by atoms with van der Waals surface area (Å²) < 4.78 is 5.56. The molecule has 1 aliphatic heterocycles. The number of rotatable bonds is 2. The van der Waals surface area contributed by atoms with Crippen LogP contribution < -0.4 is 5.32 Å². The van der Waals surface area contributed by atoms with Crippen LogP contribution in [0.4, 0.5) is 4.79 Å². The Balaban J connectivity index is 1.76. The summed E-state index contributed by atoms with van der Waals surface area (Å²) in [6.45, 7) is 7.93. The van der Waals surface area contributed by atoms with Gasteiger partial charge < -0.3 is 15.0 Å². The Morgan fingerprint density at radius 3 is 2.96 bits per heavy atom. The van der Waals surface area contributed by atoms with Gasteiger partial charge in [-0.3, -0.25) is 4.98 Å². The third kappa shape index (κ3) is 4.03. The number of carbonyl (C=O) groups excluding carboxylic acids is 1. The number of para-hydroxylation sites is 1. The number of carbonyl (C=O) groups is 1. The minimum atomic E-state index is -0.475. The number of hydrogen-bond acceptors (Lipinski definition) is 4. The molecule has 3 rings (SSSR count). The van der Waals surface area contributed by atoms with Crippen molar-refractivity contribution in [2.24, 2.45) is 0 Å². The Morgan fingerprint density at radius 1 is 1.38 bits per heavy atom. The summed E-state index contributed by atoms with van der Waals surface area (Å²) in [5, 5.41) is 4.50. The Labute approximate surface area is 143 Å². The molecule has 1 aromatic heterocycles. The Kier molecular flexibility index (Phi) is 4.71. The Bertz CT molecular complexity index is 724. The van der Waals surface area contributed by atoms with Gasteiger partial charge in [0, 0.05) is 31.2 Å². The molecule has 0 radical (unpaired) electrons. The van der Waals surface area contributed by atoms with E-state index in [0.717, 1.165) is 36.0 Å². The van der Waals surface area contributed by atoms with Crippen LogP contribution in [0.2, 0.25) is 0 Å². The standard InChI is InChI=1S/C19H25N3O2/c1-19(2,3)24-18(23)22-9-8-20-13-16(22)11-14-10-15-6-4-5-7-17(15)21-12-14/h4-7,10,12,16,20H,8-9,11,13H2,1-3H3. The van der Waals surface area contributed by atoms with Crippen LogP contribution in [0.15, 0.2) is 36.5 Å². The van der Waals surface area contributed by atoms with Crippen molar-refractivity contribution in [1.29, 1.82) is 0 Å². The molecule has 2 heterocycles. The van der Waals surface area contributed by atoms with E-state index >= 15 is 0 Å². The lowest BCUT2D eigenvalue weighted by atomic mass is 10.0. The first kappa shape index (κ1) is 16.7. The fourth-order valence-corrected chi connectivity index (χ4v) is 3.00. The predicted molar refractivity (Wildman–Crippen MR) is 95.0 cm³/mol. The molecule has 1 aromatic carbocycles. The molecule has 128 valence electrons. The van der Waals surface area contributed by atoms with E-state index in [4.69, 9.17) is 4.74 Å². The molecule has 0 saturated carbocycles. The van der Waals surface area contributed by atoms with E-state index in [9.17, 15) is 4.79 Å². The molecule has 1 atom stereocenters. The van der Waals surface area contributed by atoms with Gasteiger partial charge in [0.05, 0.1) is 11.6 Å². The second-order valence-corrected chi connectivity index (χ2v) is 7.27. The zero-order valence-electron chi connectivity index (χ0n) is 14.6. The van der Waals surface area contributed by atoms with Gasteiger partial charge in [-0.15, -0.1) is 0 Å². The quantitative estimate of drug-likeness (QED) is 0.921. The van der Waals surface area contributed by atoms with Gasteiger partial charge in [0.25, 0.3) is 0 Å². The molecular formula is C19H25N3O2. The number of amides is 1. The molecule has 0 bridgehead atoms. The van der Waals surface area contributed by atoms with Gasteiger partial charge in [-0.25, -0.2) is 4.79 Å². The molecule has 2 aromatic rings. The van der Waals surface area contributed by atoms with Gasteiger partial charge in [-0.2, -0.15) is 0 Å². The fourth-order valence-electron chi connectivity index (χ4n) is 3.00. The molecule has 1 fully saturated rings. The molecule has 1 saturated heterocycles. The van der Waals surface area contributed by atoms with E-state index in [1.54, 1.807) is 0 Å². The number of fused-ring (bicyclic) bond motifs is 1. The number of ether oxygens (including phenoxy) is 1. The van der Waals surface area contributed by atoms with Gasteiger partial charge in [-0.1, -0.05) is 18.2 Å². The van der Waals surface area contributed by atoms with E-state index in [1.807, 2.05) is 50.1 Å². The summed E-state index contributed by atoms with van der Waals surface area (Å²) in [6.07, 6.45) is 2.44. The van der Waals surface area contributed by atoms with Gasteiger partial charge in [0.2, 0.25) is 0 Å². The van der Waals surface area contributed by atoms with Crippen molar-refractivity contribution in [1.82, 2.24) is 15.2 Å². The first-order chi connectivity index (χ1) is 11.4. The lowest BCUT2D eigenvalue weighted by molar-refractivity contribution is 0.0122. The van der Waals surface area contributed by atoms with Crippen LogP contribution in [0.1, 0.15) is 26.3 Å². The summed E-state index contributed by atoms with van der Waals surface area (Å²) in [7, 11) is 0. The third-order valence-corrected chi connectivity index (χ3v) is 4.10. The molecule has 1 aliphatic rings. The lowest BCUT2D eigenvalue weighted by Crippen LogP contribution is -2.55. The van der Waals surface area contributed by atoms with Crippen molar-refractivity contribution in [3.8, 4) is 0 Å². The highest BCUT2D eigenvalue weighted by atomic mass is 16.6.